The molecule has 3 nitrogen and oxygen atoms in total. The predicted molar refractivity (Wildman–Crippen MR) is 63.8 cm³/mol. The standard InChI is InChI=1S/C12H21N3/c1-4-6-7-8-15-10-12(9-13-5-2)11(3)14-15/h4,10,13H,1,5-9H2,2-3H3. The number of nitrogens with one attached hydrogen (secondary N) is 1. The van der Waals surface area contributed by atoms with E-state index >= 15 is 0 Å². The summed E-state index contributed by atoms with van der Waals surface area (Å²) in [5.74, 6) is 0. The summed E-state index contributed by atoms with van der Waals surface area (Å²) < 4.78 is 2.03. The number of aromatic nitrogens is 2. The van der Waals surface area contributed by atoms with Gasteiger partial charge in [-0.15, -0.1) is 6.58 Å². The highest BCUT2D eigenvalue weighted by molar-refractivity contribution is 5.14. The van der Waals surface area contributed by atoms with Crippen LogP contribution in [0.4, 0.5) is 0 Å². The van der Waals surface area contributed by atoms with E-state index in [4.69, 9.17) is 0 Å². The van der Waals surface area contributed by atoms with E-state index < -0.39 is 0 Å². The fourth-order valence-electron chi connectivity index (χ4n) is 1.50. The first-order chi connectivity index (χ1) is 7.27. The van der Waals surface area contributed by atoms with Crippen molar-refractivity contribution in [1.82, 2.24) is 15.1 Å². The van der Waals surface area contributed by atoms with Crippen molar-refractivity contribution in [1.29, 1.82) is 0 Å². The van der Waals surface area contributed by atoms with Gasteiger partial charge < -0.3 is 5.32 Å². The number of unbranched alkanes of at least 4 members (excludes halogenated alkanes) is 1. The third kappa shape index (κ3) is 3.88. The SMILES string of the molecule is C=CCCCn1cc(CNCC)c(C)n1. The Kier molecular flexibility index (Phi) is 5.12. The van der Waals surface area contributed by atoms with E-state index in [0.29, 0.717) is 0 Å². The Bertz CT molecular complexity index is 302. The second-order valence-electron chi connectivity index (χ2n) is 3.71. The minimum atomic E-state index is 0.920. The molecule has 0 fully saturated rings. The van der Waals surface area contributed by atoms with Gasteiger partial charge in [0.15, 0.2) is 0 Å². The average Bonchev–Trinajstić information content (AvgIpc) is 2.57. The predicted octanol–water partition coefficient (Wildman–Crippen LogP) is 2.27. The summed E-state index contributed by atoms with van der Waals surface area (Å²) in [7, 11) is 0. The maximum absolute atomic E-state index is 4.48. The lowest BCUT2D eigenvalue weighted by Gasteiger charge is -1.98. The summed E-state index contributed by atoms with van der Waals surface area (Å²) in [5, 5.41) is 7.79. The van der Waals surface area contributed by atoms with Gasteiger partial charge in [-0.3, -0.25) is 4.68 Å². The molecule has 0 aliphatic rings. The van der Waals surface area contributed by atoms with E-state index in [0.717, 1.165) is 38.2 Å². The highest BCUT2D eigenvalue weighted by Crippen LogP contribution is 2.06. The number of allylic oxidation sites excluding steroid dienone is 1. The van der Waals surface area contributed by atoms with Gasteiger partial charge in [-0.25, -0.2) is 0 Å². The molecule has 0 aliphatic heterocycles. The van der Waals surface area contributed by atoms with Gasteiger partial charge in [0.05, 0.1) is 5.69 Å². The van der Waals surface area contributed by atoms with E-state index in [1.807, 2.05) is 10.8 Å². The molecule has 0 bridgehead atoms. The zero-order chi connectivity index (χ0) is 11.1. The highest BCUT2D eigenvalue weighted by atomic mass is 15.3. The van der Waals surface area contributed by atoms with Crippen LogP contribution in [0, 0.1) is 6.92 Å². The Morgan fingerprint density at radius 3 is 3.07 bits per heavy atom. The van der Waals surface area contributed by atoms with Crippen LogP contribution in [0.3, 0.4) is 0 Å². The van der Waals surface area contributed by atoms with E-state index in [2.05, 4.69) is 37.0 Å². The van der Waals surface area contributed by atoms with E-state index in [1.54, 1.807) is 0 Å². The van der Waals surface area contributed by atoms with Crippen LogP contribution in [0.15, 0.2) is 18.9 Å². The topological polar surface area (TPSA) is 29.9 Å². The van der Waals surface area contributed by atoms with Gasteiger partial charge in [0.2, 0.25) is 0 Å². The zero-order valence-corrected chi connectivity index (χ0v) is 9.79. The normalized spacial score (nSPS) is 10.5. The first-order valence-corrected chi connectivity index (χ1v) is 5.62. The molecular formula is C12H21N3. The molecule has 0 atom stereocenters. The quantitative estimate of drug-likeness (QED) is 0.549. The smallest absolute Gasteiger partial charge is 0.0638 e. The molecule has 1 aromatic rings. The molecule has 84 valence electrons. The van der Waals surface area contributed by atoms with Crippen molar-refractivity contribution in [3.8, 4) is 0 Å². The molecule has 1 N–H and O–H groups in total. The monoisotopic (exact) mass is 207 g/mol. The van der Waals surface area contributed by atoms with Crippen LogP contribution in [0.2, 0.25) is 0 Å². The van der Waals surface area contributed by atoms with Crippen molar-refractivity contribution in [3.63, 3.8) is 0 Å². The van der Waals surface area contributed by atoms with E-state index in [9.17, 15) is 0 Å². The van der Waals surface area contributed by atoms with Crippen molar-refractivity contribution in [2.45, 2.75) is 39.8 Å². The maximum atomic E-state index is 4.48. The van der Waals surface area contributed by atoms with Gasteiger partial charge in [0.25, 0.3) is 0 Å². The Hall–Kier alpha value is -1.09. The fraction of sp³-hybridized carbons (Fsp3) is 0.583. The lowest BCUT2D eigenvalue weighted by molar-refractivity contribution is 0.579. The first kappa shape index (κ1) is 12.0. The number of aryl methyl sites for hydroxylation is 2. The fourth-order valence-corrected chi connectivity index (χ4v) is 1.50. The Labute approximate surface area is 92.2 Å². The highest BCUT2D eigenvalue weighted by Gasteiger charge is 2.03. The molecule has 1 rings (SSSR count). The third-order valence-electron chi connectivity index (χ3n) is 2.41. The van der Waals surface area contributed by atoms with E-state index in [1.165, 1.54) is 5.56 Å². The minimum Gasteiger partial charge on any atom is -0.313 e. The van der Waals surface area contributed by atoms with Crippen molar-refractivity contribution in [3.05, 3.63) is 30.1 Å². The van der Waals surface area contributed by atoms with Crippen LogP contribution in [0.25, 0.3) is 0 Å². The molecule has 0 radical (unpaired) electrons. The summed E-state index contributed by atoms with van der Waals surface area (Å²) in [6, 6.07) is 0. The van der Waals surface area contributed by atoms with Crippen molar-refractivity contribution in [2.24, 2.45) is 0 Å². The number of nitrogens with zero attached hydrogens (tertiary/aromatic N) is 2. The summed E-state index contributed by atoms with van der Waals surface area (Å²) >= 11 is 0. The second kappa shape index (κ2) is 6.40. The molecule has 0 unspecified atom stereocenters. The second-order valence-corrected chi connectivity index (χ2v) is 3.71. The van der Waals surface area contributed by atoms with Crippen LogP contribution in [-0.2, 0) is 13.1 Å². The van der Waals surface area contributed by atoms with Crippen LogP contribution < -0.4 is 5.32 Å². The molecule has 0 saturated heterocycles. The zero-order valence-electron chi connectivity index (χ0n) is 9.79. The van der Waals surface area contributed by atoms with Gasteiger partial charge in [-0.1, -0.05) is 13.0 Å². The molecule has 15 heavy (non-hydrogen) atoms. The van der Waals surface area contributed by atoms with Crippen LogP contribution in [0.1, 0.15) is 31.0 Å². The third-order valence-corrected chi connectivity index (χ3v) is 2.41. The summed E-state index contributed by atoms with van der Waals surface area (Å²) in [4.78, 5) is 0. The molecule has 0 amide bonds. The Morgan fingerprint density at radius 2 is 2.40 bits per heavy atom. The molecule has 1 aromatic heterocycles. The largest absolute Gasteiger partial charge is 0.313 e. The Balaban J connectivity index is 2.48. The number of rotatable bonds is 7. The van der Waals surface area contributed by atoms with Crippen molar-refractivity contribution >= 4 is 0 Å². The maximum Gasteiger partial charge on any atom is 0.0638 e. The minimum absolute atomic E-state index is 0.920. The molecular weight excluding hydrogens is 186 g/mol. The van der Waals surface area contributed by atoms with Gasteiger partial charge in [0, 0.05) is 24.8 Å². The molecule has 0 saturated carbocycles. The average molecular weight is 207 g/mol. The van der Waals surface area contributed by atoms with Crippen LogP contribution >= 0.6 is 0 Å². The lowest BCUT2D eigenvalue weighted by atomic mass is 10.2. The van der Waals surface area contributed by atoms with Crippen molar-refractivity contribution < 1.29 is 0 Å². The molecule has 1 heterocycles. The van der Waals surface area contributed by atoms with Gasteiger partial charge in [-0.2, -0.15) is 5.10 Å². The van der Waals surface area contributed by atoms with Crippen LogP contribution in [-0.4, -0.2) is 16.3 Å². The van der Waals surface area contributed by atoms with Crippen LogP contribution in [0.5, 0.6) is 0 Å². The van der Waals surface area contributed by atoms with E-state index in [-0.39, 0.29) is 0 Å². The summed E-state index contributed by atoms with van der Waals surface area (Å²) in [6.45, 7) is 10.8. The molecule has 0 aliphatic carbocycles. The Morgan fingerprint density at radius 1 is 1.60 bits per heavy atom. The van der Waals surface area contributed by atoms with Gasteiger partial charge in [0.1, 0.15) is 0 Å². The number of hydrogen-bond donors (Lipinski definition) is 1. The van der Waals surface area contributed by atoms with Gasteiger partial charge >= 0.3 is 0 Å². The molecule has 3 heteroatoms. The van der Waals surface area contributed by atoms with Gasteiger partial charge in [-0.05, 0) is 26.3 Å². The lowest BCUT2D eigenvalue weighted by Crippen LogP contribution is -2.11. The summed E-state index contributed by atoms with van der Waals surface area (Å²) in [6.07, 6.45) is 6.27. The summed E-state index contributed by atoms with van der Waals surface area (Å²) in [5.41, 5.74) is 2.44. The molecule has 0 aromatic carbocycles. The molecule has 0 spiro atoms. The first-order valence-electron chi connectivity index (χ1n) is 5.62. The number of hydrogen-bond acceptors (Lipinski definition) is 2. The van der Waals surface area contributed by atoms with Crippen molar-refractivity contribution in [2.75, 3.05) is 6.54 Å².